The maximum absolute atomic E-state index is 3.52. The van der Waals surface area contributed by atoms with Crippen LogP contribution in [0.5, 0.6) is 0 Å². The van der Waals surface area contributed by atoms with Crippen LogP contribution in [0.25, 0.3) is 0 Å². The van der Waals surface area contributed by atoms with E-state index in [0.717, 1.165) is 13.1 Å². The minimum Gasteiger partial charge on any atom is -0.330 e. The maximum atomic E-state index is 3.52. The lowest BCUT2D eigenvalue weighted by atomic mass is 10.2. The zero-order valence-electron chi connectivity index (χ0n) is 3.70. The van der Waals surface area contributed by atoms with Gasteiger partial charge in [-0.05, 0) is 0 Å². The molecule has 0 spiro atoms. The lowest BCUT2D eigenvalue weighted by molar-refractivity contribution is -0.638. The van der Waals surface area contributed by atoms with Gasteiger partial charge in [0.1, 0.15) is 6.04 Å². The Labute approximate surface area is 37.9 Å². The van der Waals surface area contributed by atoms with Crippen LogP contribution < -0.4 is 10.6 Å². The van der Waals surface area contributed by atoms with Crippen molar-refractivity contribution in [2.75, 3.05) is 13.1 Å². The Hall–Kier alpha value is -0.0800. The molecule has 0 aromatic heterocycles. The van der Waals surface area contributed by atoms with E-state index in [1.165, 1.54) is 0 Å². The topological polar surface area (TPSA) is 27.6 Å². The van der Waals surface area contributed by atoms with E-state index in [1.54, 1.807) is 0 Å². The quantitative estimate of drug-likeness (QED) is 0.358. The third-order valence-corrected chi connectivity index (χ3v) is 1.07. The Bertz CT molecular complexity index is 38.1. The predicted molar refractivity (Wildman–Crippen MR) is 23.0 cm³/mol. The van der Waals surface area contributed by atoms with Crippen LogP contribution in [0.15, 0.2) is 0 Å². The van der Waals surface area contributed by atoms with Crippen molar-refractivity contribution < 1.29 is 5.32 Å². The number of hydrogen-bond acceptors (Lipinski definition) is 2. The van der Waals surface area contributed by atoms with Crippen LogP contribution >= 0.6 is 0 Å². The van der Waals surface area contributed by atoms with E-state index in [1.807, 2.05) is 0 Å². The first-order valence-corrected chi connectivity index (χ1v) is 2.17. The molecule has 1 heterocycles. The summed E-state index contributed by atoms with van der Waals surface area (Å²) < 4.78 is 0. The van der Waals surface area contributed by atoms with E-state index >= 15 is 0 Å². The lowest BCUT2D eigenvalue weighted by Crippen LogP contribution is -2.91. The average Bonchev–Trinajstić information content (AvgIpc) is 1.31. The fraction of sp³-hybridized carbons (Fsp3) is 0.750. The average molecular weight is 85.1 g/mol. The van der Waals surface area contributed by atoms with E-state index in [9.17, 15) is 0 Å². The molecule has 1 aliphatic rings. The highest BCUT2D eigenvalue weighted by atomic mass is 15.1. The van der Waals surface area contributed by atoms with Gasteiger partial charge in [-0.3, -0.25) is 0 Å². The van der Waals surface area contributed by atoms with Crippen LogP contribution in [-0.2, 0) is 0 Å². The van der Waals surface area contributed by atoms with Gasteiger partial charge in [0, 0.05) is 0 Å². The van der Waals surface area contributed by atoms with E-state index in [4.69, 9.17) is 0 Å². The second kappa shape index (κ2) is 1.58. The largest absolute Gasteiger partial charge is 0.330 e. The Morgan fingerprint density at radius 3 is 2.33 bits per heavy atom. The Balaban J connectivity index is 2.01. The van der Waals surface area contributed by atoms with Gasteiger partial charge in [0.25, 0.3) is 0 Å². The molecule has 1 saturated heterocycles. The van der Waals surface area contributed by atoms with Crippen LogP contribution in [0, 0.1) is 7.05 Å². The van der Waals surface area contributed by atoms with Crippen molar-refractivity contribution in [2.24, 2.45) is 0 Å². The van der Waals surface area contributed by atoms with E-state index in [0.29, 0.717) is 6.04 Å². The highest BCUT2D eigenvalue weighted by Gasteiger charge is 2.16. The number of hydrogen-bond donors (Lipinski definition) is 2. The second-order valence-electron chi connectivity index (χ2n) is 1.56. The van der Waals surface area contributed by atoms with Crippen molar-refractivity contribution in [3.05, 3.63) is 7.05 Å². The van der Waals surface area contributed by atoms with E-state index in [-0.39, 0.29) is 0 Å². The highest BCUT2D eigenvalue weighted by Crippen LogP contribution is 1.79. The van der Waals surface area contributed by atoms with Crippen LogP contribution in [0.1, 0.15) is 0 Å². The number of nitrogens with one attached hydrogen (secondary N) is 2. The molecule has 2 nitrogen and oxygen atoms in total. The van der Waals surface area contributed by atoms with E-state index < -0.39 is 0 Å². The molecule has 0 aromatic rings. The lowest BCUT2D eigenvalue weighted by Gasteiger charge is -2.22. The fourth-order valence-corrected chi connectivity index (χ4v) is 0.433. The molecule has 1 radical (unpaired) electrons. The summed E-state index contributed by atoms with van der Waals surface area (Å²) in [5, 5.41) is 6.00. The van der Waals surface area contributed by atoms with Crippen LogP contribution in [0.3, 0.4) is 0 Å². The molecule has 1 fully saturated rings. The first kappa shape index (κ1) is 4.09. The van der Waals surface area contributed by atoms with Crippen molar-refractivity contribution in [1.29, 1.82) is 0 Å². The van der Waals surface area contributed by atoms with Gasteiger partial charge in [-0.15, -0.1) is 7.05 Å². The zero-order chi connectivity index (χ0) is 4.41. The molecule has 2 heteroatoms. The smallest absolute Gasteiger partial charge is 0.128 e. The van der Waals surface area contributed by atoms with Gasteiger partial charge in [0.15, 0.2) is 0 Å². The molecule has 2 N–H and O–H groups in total. The summed E-state index contributed by atoms with van der Waals surface area (Å²) in [6, 6.07) is 0.644. The Morgan fingerprint density at radius 2 is 2.33 bits per heavy atom. The maximum Gasteiger partial charge on any atom is 0.128 e. The normalized spacial score (nSPS) is 23.5. The molecule has 0 aromatic carbocycles. The highest BCUT2D eigenvalue weighted by molar-refractivity contribution is 4.71. The summed E-state index contributed by atoms with van der Waals surface area (Å²) in [5.74, 6) is 0. The van der Waals surface area contributed by atoms with Crippen molar-refractivity contribution >= 4 is 0 Å². The molecular formula is C4H9N2. The van der Waals surface area contributed by atoms with Crippen LogP contribution in [-0.4, -0.2) is 19.1 Å². The zero-order valence-corrected chi connectivity index (χ0v) is 3.70. The van der Waals surface area contributed by atoms with Gasteiger partial charge in [0.2, 0.25) is 0 Å². The van der Waals surface area contributed by atoms with Crippen molar-refractivity contribution in [3.8, 4) is 0 Å². The monoisotopic (exact) mass is 85.1 g/mol. The summed E-state index contributed by atoms with van der Waals surface area (Å²) in [7, 11) is 3.52. The molecule has 1 aliphatic heterocycles. The SMILES string of the molecule is [CH2-][NH+]C1CNC1. The van der Waals surface area contributed by atoms with Crippen LogP contribution in [0.2, 0.25) is 0 Å². The Kier molecular flexibility index (Phi) is 1.08. The molecule has 0 atom stereocenters. The van der Waals surface area contributed by atoms with Crippen molar-refractivity contribution in [3.63, 3.8) is 0 Å². The summed E-state index contributed by atoms with van der Waals surface area (Å²) in [6.07, 6.45) is 0. The van der Waals surface area contributed by atoms with Gasteiger partial charge in [0.05, 0.1) is 13.1 Å². The second-order valence-corrected chi connectivity index (χ2v) is 1.56. The van der Waals surface area contributed by atoms with Crippen LogP contribution in [0.4, 0.5) is 0 Å². The molecule has 0 bridgehead atoms. The van der Waals surface area contributed by atoms with Crippen molar-refractivity contribution in [2.45, 2.75) is 6.04 Å². The molecule has 0 unspecified atom stereocenters. The van der Waals surface area contributed by atoms with Crippen molar-refractivity contribution in [1.82, 2.24) is 5.32 Å². The first-order chi connectivity index (χ1) is 2.93. The molecule has 6 heavy (non-hydrogen) atoms. The molecular weight excluding hydrogens is 76.1 g/mol. The third kappa shape index (κ3) is 0.533. The summed E-state index contributed by atoms with van der Waals surface area (Å²) in [4.78, 5) is 0. The van der Waals surface area contributed by atoms with Gasteiger partial charge in [-0.2, -0.15) is 0 Å². The van der Waals surface area contributed by atoms with E-state index in [2.05, 4.69) is 17.7 Å². The fourth-order valence-electron chi connectivity index (χ4n) is 0.433. The third-order valence-electron chi connectivity index (χ3n) is 1.07. The molecule has 0 aliphatic carbocycles. The summed E-state index contributed by atoms with van der Waals surface area (Å²) >= 11 is 0. The molecule has 0 amide bonds. The number of rotatable bonds is 1. The molecule has 1 rings (SSSR count). The predicted octanol–water partition coefficient (Wildman–Crippen LogP) is -1.90. The van der Waals surface area contributed by atoms with Gasteiger partial charge in [-0.25, -0.2) is 0 Å². The standard InChI is InChI=1S/C4H9N2/c1-5-4-2-6-3-4/h4-6H,1-3H2. The summed E-state index contributed by atoms with van der Waals surface area (Å²) in [5.41, 5.74) is 0. The minimum atomic E-state index is 0.644. The summed E-state index contributed by atoms with van der Waals surface area (Å²) in [6.45, 7) is 2.17. The minimum absolute atomic E-state index is 0.644. The molecule has 35 valence electrons. The first-order valence-electron chi connectivity index (χ1n) is 2.17. The molecule has 0 saturated carbocycles. The Morgan fingerprint density at radius 1 is 1.67 bits per heavy atom. The van der Waals surface area contributed by atoms with Gasteiger partial charge >= 0.3 is 0 Å². The van der Waals surface area contributed by atoms with Gasteiger partial charge in [-0.1, -0.05) is 0 Å². The van der Waals surface area contributed by atoms with Gasteiger partial charge < -0.3 is 10.6 Å².